The molecule has 2 atom stereocenters. The number of nitrogens with one attached hydrogen (secondary N) is 2. The molecule has 6 heteroatoms. The molecule has 17 heavy (non-hydrogen) atoms. The maximum atomic E-state index is 12.0. The fourth-order valence-corrected chi connectivity index (χ4v) is 4.13. The fraction of sp³-hybridized carbons (Fsp3) is 0.636. The second kappa shape index (κ2) is 5.06. The van der Waals surface area contributed by atoms with Gasteiger partial charge in [0.05, 0.1) is 4.90 Å². The van der Waals surface area contributed by atoms with Gasteiger partial charge in [0, 0.05) is 23.3 Å². The Hall–Kier alpha value is -0.430. The van der Waals surface area contributed by atoms with Crippen LogP contribution in [0.1, 0.15) is 18.2 Å². The highest BCUT2D eigenvalue weighted by atomic mass is 32.2. The molecular formula is C11H18N2O2S2. The minimum absolute atomic E-state index is 0.390. The fourth-order valence-electron chi connectivity index (χ4n) is 1.75. The minimum Gasteiger partial charge on any atom is -0.315 e. The summed E-state index contributed by atoms with van der Waals surface area (Å²) in [5.41, 5.74) is 0. The van der Waals surface area contributed by atoms with Crippen molar-refractivity contribution >= 4 is 21.4 Å². The molecule has 2 rings (SSSR count). The van der Waals surface area contributed by atoms with Gasteiger partial charge in [-0.2, -0.15) is 0 Å². The predicted molar refractivity (Wildman–Crippen MR) is 69.5 cm³/mol. The summed E-state index contributed by atoms with van der Waals surface area (Å²) in [5, 5.41) is 4.71. The Morgan fingerprint density at radius 1 is 1.53 bits per heavy atom. The first-order valence-electron chi connectivity index (χ1n) is 5.74. The van der Waals surface area contributed by atoms with Crippen molar-refractivity contribution in [1.82, 2.24) is 10.0 Å². The Bertz CT molecular complexity index is 481. The second-order valence-electron chi connectivity index (χ2n) is 4.60. The SMILES string of the molecule is CNCc1cc(S(=O)(=O)NCC2CC2C)cs1. The monoisotopic (exact) mass is 274 g/mol. The quantitative estimate of drug-likeness (QED) is 0.824. The lowest BCUT2D eigenvalue weighted by atomic mass is 10.3. The van der Waals surface area contributed by atoms with E-state index in [-0.39, 0.29) is 0 Å². The second-order valence-corrected chi connectivity index (χ2v) is 7.37. The van der Waals surface area contributed by atoms with Gasteiger partial charge in [0.2, 0.25) is 10.0 Å². The number of hydrogen-bond acceptors (Lipinski definition) is 4. The summed E-state index contributed by atoms with van der Waals surface area (Å²) in [6.07, 6.45) is 1.14. The van der Waals surface area contributed by atoms with Crippen molar-refractivity contribution < 1.29 is 8.42 Å². The van der Waals surface area contributed by atoms with E-state index in [4.69, 9.17) is 0 Å². The van der Waals surface area contributed by atoms with Gasteiger partial charge in [0.1, 0.15) is 0 Å². The van der Waals surface area contributed by atoms with E-state index in [1.54, 1.807) is 11.4 Å². The highest BCUT2D eigenvalue weighted by molar-refractivity contribution is 7.89. The standard InChI is InChI=1S/C11H18N2O2S2/c1-8-3-9(8)5-13-17(14,15)11-4-10(6-12-2)16-7-11/h4,7-9,12-13H,3,5-6H2,1-2H3. The molecular weight excluding hydrogens is 256 g/mol. The predicted octanol–water partition coefficient (Wildman–Crippen LogP) is 1.40. The maximum absolute atomic E-state index is 12.0. The zero-order valence-electron chi connectivity index (χ0n) is 10.1. The third-order valence-corrected chi connectivity index (χ3v) is 5.59. The average molecular weight is 274 g/mol. The highest BCUT2D eigenvalue weighted by Gasteiger charge is 2.33. The van der Waals surface area contributed by atoms with E-state index in [1.165, 1.54) is 11.3 Å². The first-order chi connectivity index (χ1) is 8.03. The van der Waals surface area contributed by atoms with E-state index in [0.717, 1.165) is 11.3 Å². The van der Waals surface area contributed by atoms with Crippen molar-refractivity contribution in [2.75, 3.05) is 13.6 Å². The van der Waals surface area contributed by atoms with Crippen LogP contribution in [-0.2, 0) is 16.6 Å². The molecule has 0 aliphatic heterocycles. The van der Waals surface area contributed by atoms with E-state index in [9.17, 15) is 8.42 Å². The number of rotatable bonds is 6. The summed E-state index contributed by atoms with van der Waals surface area (Å²) in [6, 6.07) is 1.74. The van der Waals surface area contributed by atoms with Gasteiger partial charge in [-0.25, -0.2) is 13.1 Å². The summed E-state index contributed by atoms with van der Waals surface area (Å²) in [6.45, 7) is 3.43. The van der Waals surface area contributed by atoms with Crippen LogP contribution >= 0.6 is 11.3 Å². The minimum atomic E-state index is -3.30. The first-order valence-corrected chi connectivity index (χ1v) is 8.11. The lowest BCUT2D eigenvalue weighted by Gasteiger charge is -2.03. The van der Waals surface area contributed by atoms with Crippen molar-refractivity contribution in [3.8, 4) is 0 Å². The molecule has 0 aromatic carbocycles. The van der Waals surface area contributed by atoms with Crippen molar-refractivity contribution in [1.29, 1.82) is 0 Å². The van der Waals surface area contributed by atoms with Crippen LogP contribution in [0.25, 0.3) is 0 Å². The van der Waals surface area contributed by atoms with Crippen molar-refractivity contribution in [3.63, 3.8) is 0 Å². The number of hydrogen-bond donors (Lipinski definition) is 2. The Morgan fingerprint density at radius 2 is 2.24 bits per heavy atom. The van der Waals surface area contributed by atoms with Crippen LogP contribution in [0.4, 0.5) is 0 Å². The van der Waals surface area contributed by atoms with Crippen molar-refractivity contribution in [3.05, 3.63) is 16.3 Å². The summed E-state index contributed by atoms with van der Waals surface area (Å²) < 4.78 is 26.6. The average Bonchev–Trinajstić information content (AvgIpc) is 2.77. The molecule has 1 heterocycles. The first kappa shape index (κ1) is 13.0. The van der Waals surface area contributed by atoms with Crippen LogP contribution in [0, 0.1) is 11.8 Å². The zero-order valence-corrected chi connectivity index (χ0v) is 11.7. The van der Waals surface area contributed by atoms with Gasteiger partial charge in [-0.15, -0.1) is 11.3 Å². The third kappa shape index (κ3) is 3.28. The normalized spacial score (nSPS) is 23.9. The summed E-state index contributed by atoms with van der Waals surface area (Å²) in [7, 11) is -1.46. The van der Waals surface area contributed by atoms with Crippen LogP contribution in [0.2, 0.25) is 0 Å². The number of sulfonamides is 1. The van der Waals surface area contributed by atoms with Gasteiger partial charge in [0.25, 0.3) is 0 Å². The van der Waals surface area contributed by atoms with Gasteiger partial charge in [-0.3, -0.25) is 0 Å². The molecule has 0 radical (unpaired) electrons. The van der Waals surface area contributed by atoms with Crippen LogP contribution in [-0.4, -0.2) is 22.0 Å². The van der Waals surface area contributed by atoms with Gasteiger partial charge >= 0.3 is 0 Å². The molecule has 1 fully saturated rings. The van der Waals surface area contributed by atoms with E-state index in [2.05, 4.69) is 17.0 Å². The van der Waals surface area contributed by atoms with E-state index >= 15 is 0 Å². The Morgan fingerprint density at radius 3 is 2.82 bits per heavy atom. The molecule has 1 saturated carbocycles. The van der Waals surface area contributed by atoms with Gasteiger partial charge in [-0.1, -0.05) is 6.92 Å². The molecule has 1 aromatic rings. The van der Waals surface area contributed by atoms with Crippen molar-refractivity contribution in [2.24, 2.45) is 11.8 Å². The highest BCUT2D eigenvalue weighted by Crippen LogP contribution is 2.37. The lowest BCUT2D eigenvalue weighted by molar-refractivity contribution is 0.575. The molecule has 4 nitrogen and oxygen atoms in total. The summed E-state index contributed by atoms with van der Waals surface area (Å²) >= 11 is 1.47. The molecule has 2 N–H and O–H groups in total. The van der Waals surface area contributed by atoms with Crippen LogP contribution in [0.3, 0.4) is 0 Å². The molecule has 0 bridgehead atoms. The number of thiophene rings is 1. The third-order valence-electron chi connectivity index (χ3n) is 3.10. The van der Waals surface area contributed by atoms with Gasteiger partial charge in [-0.05, 0) is 31.4 Å². The van der Waals surface area contributed by atoms with E-state index in [1.807, 2.05) is 7.05 Å². The molecule has 1 aliphatic rings. The molecule has 96 valence electrons. The molecule has 0 amide bonds. The Balaban J connectivity index is 1.98. The summed E-state index contributed by atoms with van der Waals surface area (Å²) in [5.74, 6) is 1.19. The zero-order chi connectivity index (χ0) is 12.5. The molecule has 0 spiro atoms. The largest absolute Gasteiger partial charge is 0.315 e. The summed E-state index contributed by atoms with van der Waals surface area (Å²) in [4.78, 5) is 1.42. The molecule has 2 unspecified atom stereocenters. The van der Waals surface area contributed by atoms with Crippen LogP contribution < -0.4 is 10.0 Å². The Kier molecular flexibility index (Phi) is 3.87. The Labute approximate surface area is 106 Å². The van der Waals surface area contributed by atoms with E-state index in [0.29, 0.717) is 29.8 Å². The van der Waals surface area contributed by atoms with Gasteiger partial charge in [0.15, 0.2) is 0 Å². The van der Waals surface area contributed by atoms with Crippen LogP contribution in [0.5, 0.6) is 0 Å². The maximum Gasteiger partial charge on any atom is 0.241 e. The van der Waals surface area contributed by atoms with E-state index < -0.39 is 10.0 Å². The smallest absolute Gasteiger partial charge is 0.241 e. The van der Waals surface area contributed by atoms with Crippen molar-refractivity contribution in [2.45, 2.75) is 24.8 Å². The molecule has 0 saturated heterocycles. The van der Waals surface area contributed by atoms with Gasteiger partial charge < -0.3 is 5.32 Å². The topological polar surface area (TPSA) is 58.2 Å². The van der Waals surface area contributed by atoms with Crippen LogP contribution in [0.15, 0.2) is 16.3 Å². The molecule has 1 aliphatic carbocycles. The molecule has 1 aromatic heterocycles. The lowest BCUT2D eigenvalue weighted by Crippen LogP contribution is -2.25.